The van der Waals surface area contributed by atoms with Crippen LogP contribution in [-0.4, -0.2) is 5.78 Å². The van der Waals surface area contributed by atoms with E-state index >= 15 is 0 Å². The average molecular weight is 406 g/mol. The molecule has 0 spiro atoms. The molecule has 0 aliphatic heterocycles. The lowest BCUT2D eigenvalue weighted by Crippen LogP contribution is -2.03. The van der Waals surface area contributed by atoms with Crippen LogP contribution in [0.3, 0.4) is 0 Å². The van der Waals surface area contributed by atoms with Gasteiger partial charge in [0, 0.05) is 20.1 Å². The Kier molecular flexibility index (Phi) is 4.43. The van der Waals surface area contributed by atoms with Gasteiger partial charge >= 0.3 is 0 Å². The number of carbonyl (C=O) groups excluding carboxylic acids is 1. The largest absolute Gasteiger partial charge is 0.289 e. The van der Waals surface area contributed by atoms with Gasteiger partial charge in [0.1, 0.15) is 5.82 Å². The Bertz CT molecular complexity index is 671. The molecule has 0 N–H and O–H groups in total. The van der Waals surface area contributed by atoms with Crippen LogP contribution in [-0.2, 0) is 0 Å². The zero-order chi connectivity index (χ0) is 14.2. The van der Waals surface area contributed by atoms with E-state index in [-0.39, 0.29) is 10.8 Å². The Labute approximate surface area is 132 Å². The summed E-state index contributed by atoms with van der Waals surface area (Å²) in [5.41, 5.74) is 1.86. The van der Waals surface area contributed by atoms with Crippen LogP contribution in [0.2, 0.25) is 5.02 Å². The van der Waals surface area contributed by atoms with E-state index in [4.69, 9.17) is 11.6 Å². The zero-order valence-electron chi connectivity index (χ0n) is 9.81. The van der Waals surface area contributed by atoms with E-state index < -0.39 is 5.82 Å². The van der Waals surface area contributed by atoms with Gasteiger partial charge in [0.05, 0.1) is 5.02 Å². The molecular formula is C14H8Br2ClFO. The van der Waals surface area contributed by atoms with Crippen LogP contribution >= 0.6 is 43.5 Å². The van der Waals surface area contributed by atoms with E-state index in [1.165, 1.54) is 18.2 Å². The van der Waals surface area contributed by atoms with Crippen molar-refractivity contribution in [2.45, 2.75) is 6.92 Å². The molecule has 19 heavy (non-hydrogen) atoms. The third-order valence-corrected chi connectivity index (χ3v) is 4.47. The molecule has 0 saturated heterocycles. The molecule has 0 radical (unpaired) electrons. The highest BCUT2D eigenvalue weighted by Crippen LogP contribution is 2.28. The second-order valence-electron chi connectivity index (χ2n) is 4.04. The third-order valence-electron chi connectivity index (χ3n) is 2.67. The molecule has 2 aromatic carbocycles. The number of ketones is 1. The molecule has 1 nitrogen and oxygen atoms in total. The maximum Gasteiger partial charge on any atom is 0.194 e. The smallest absolute Gasteiger partial charge is 0.194 e. The molecule has 2 rings (SSSR count). The van der Waals surface area contributed by atoms with Crippen molar-refractivity contribution in [3.8, 4) is 0 Å². The number of benzene rings is 2. The quantitative estimate of drug-likeness (QED) is 0.598. The molecule has 0 saturated carbocycles. The van der Waals surface area contributed by atoms with Gasteiger partial charge in [-0.1, -0.05) is 43.5 Å². The van der Waals surface area contributed by atoms with Gasteiger partial charge in [0.25, 0.3) is 0 Å². The predicted octanol–water partition coefficient (Wildman–Crippen LogP) is 5.54. The molecule has 0 aromatic heterocycles. The van der Waals surface area contributed by atoms with Crippen LogP contribution in [0.5, 0.6) is 0 Å². The number of rotatable bonds is 2. The van der Waals surface area contributed by atoms with Gasteiger partial charge in [-0.2, -0.15) is 0 Å². The van der Waals surface area contributed by atoms with Crippen molar-refractivity contribution in [2.24, 2.45) is 0 Å². The SMILES string of the molecule is Cc1cc(Br)c(C(=O)c2ccc(F)c(Cl)c2)cc1Br. The number of carbonyl (C=O) groups is 1. The van der Waals surface area contributed by atoms with Crippen molar-refractivity contribution in [3.05, 3.63) is 66.8 Å². The molecule has 5 heteroatoms. The third kappa shape index (κ3) is 3.07. The van der Waals surface area contributed by atoms with E-state index in [1.807, 2.05) is 13.0 Å². The summed E-state index contributed by atoms with van der Waals surface area (Å²) in [5, 5.41) is -0.0619. The number of halogens is 4. The highest BCUT2D eigenvalue weighted by atomic mass is 79.9. The molecular weight excluding hydrogens is 398 g/mol. The van der Waals surface area contributed by atoms with Crippen molar-refractivity contribution in [2.75, 3.05) is 0 Å². The zero-order valence-corrected chi connectivity index (χ0v) is 13.7. The first-order valence-corrected chi connectivity index (χ1v) is 7.32. The second kappa shape index (κ2) is 5.73. The van der Waals surface area contributed by atoms with Gasteiger partial charge in [0.15, 0.2) is 5.78 Å². The van der Waals surface area contributed by atoms with Crippen molar-refractivity contribution >= 4 is 49.2 Å². The van der Waals surface area contributed by atoms with Crippen LogP contribution < -0.4 is 0 Å². The van der Waals surface area contributed by atoms with E-state index in [9.17, 15) is 9.18 Å². The molecule has 0 heterocycles. The summed E-state index contributed by atoms with van der Waals surface area (Å²) in [6.45, 7) is 1.93. The molecule has 0 aliphatic carbocycles. The molecule has 0 bridgehead atoms. The first kappa shape index (κ1) is 14.7. The lowest BCUT2D eigenvalue weighted by Gasteiger charge is -2.07. The van der Waals surface area contributed by atoms with Crippen LogP contribution in [0, 0.1) is 12.7 Å². The molecule has 0 fully saturated rings. The van der Waals surface area contributed by atoms with Gasteiger partial charge in [0.2, 0.25) is 0 Å². The van der Waals surface area contributed by atoms with Crippen molar-refractivity contribution in [3.63, 3.8) is 0 Å². The van der Waals surface area contributed by atoms with Crippen molar-refractivity contribution < 1.29 is 9.18 Å². The summed E-state index contributed by atoms with van der Waals surface area (Å²) < 4.78 is 14.6. The second-order valence-corrected chi connectivity index (χ2v) is 6.16. The number of hydrogen-bond acceptors (Lipinski definition) is 1. The first-order valence-electron chi connectivity index (χ1n) is 5.35. The van der Waals surface area contributed by atoms with Gasteiger partial charge in [-0.25, -0.2) is 4.39 Å². The molecule has 0 aliphatic rings. The Balaban J connectivity index is 2.49. The first-order chi connectivity index (χ1) is 8.90. The monoisotopic (exact) mass is 404 g/mol. The fourth-order valence-electron chi connectivity index (χ4n) is 1.61. The summed E-state index contributed by atoms with van der Waals surface area (Å²) in [6.07, 6.45) is 0. The van der Waals surface area contributed by atoms with Crippen molar-refractivity contribution in [1.29, 1.82) is 0 Å². The molecule has 0 atom stereocenters. The normalized spacial score (nSPS) is 10.6. The average Bonchev–Trinajstić information content (AvgIpc) is 2.36. The standard InChI is InChI=1S/C14H8Br2ClFO/c1-7-4-11(16)9(6-10(7)15)14(19)8-2-3-13(18)12(17)5-8/h2-6H,1H3. The maximum atomic E-state index is 13.1. The summed E-state index contributed by atoms with van der Waals surface area (Å²) in [6, 6.07) is 7.53. The molecule has 98 valence electrons. The van der Waals surface area contributed by atoms with E-state index in [0.29, 0.717) is 15.6 Å². The summed E-state index contributed by atoms with van der Waals surface area (Å²) in [4.78, 5) is 12.4. The molecule has 2 aromatic rings. The minimum Gasteiger partial charge on any atom is -0.289 e. The van der Waals surface area contributed by atoms with Gasteiger partial charge in [-0.15, -0.1) is 0 Å². The number of aryl methyl sites for hydroxylation is 1. The van der Waals surface area contributed by atoms with Crippen molar-refractivity contribution in [1.82, 2.24) is 0 Å². The number of hydrogen-bond donors (Lipinski definition) is 0. The Morgan fingerprint density at radius 1 is 1.16 bits per heavy atom. The predicted molar refractivity (Wildman–Crippen MR) is 81.4 cm³/mol. The van der Waals surface area contributed by atoms with E-state index in [0.717, 1.165) is 10.0 Å². The van der Waals surface area contributed by atoms with Crippen LogP contribution in [0.25, 0.3) is 0 Å². The summed E-state index contributed by atoms with van der Waals surface area (Å²) in [7, 11) is 0. The van der Waals surface area contributed by atoms with Gasteiger partial charge in [-0.05, 0) is 42.8 Å². The molecule has 0 amide bonds. The summed E-state index contributed by atoms with van der Waals surface area (Å²) >= 11 is 12.4. The fraction of sp³-hybridized carbons (Fsp3) is 0.0714. The minimum absolute atomic E-state index is 0.0619. The van der Waals surface area contributed by atoms with E-state index in [2.05, 4.69) is 31.9 Å². The minimum atomic E-state index is -0.539. The van der Waals surface area contributed by atoms with E-state index in [1.54, 1.807) is 6.07 Å². The summed E-state index contributed by atoms with van der Waals surface area (Å²) in [5.74, 6) is -0.753. The Morgan fingerprint density at radius 3 is 2.47 bits per heavy atom. The van der Waals surface area contributed by atoms with Crippen LogP contribution in [0.4, 0.5) is 4.39 Å². The highest BCUT2D eigenvalue weighted by Gasteiger charge is 2.15. The highest BCUT2D eigenvalue weighted by molar-refractivity contribution is 9.11. The maximum absolute atomic E-state index is 13.1. The van der Waals surface area contributed by atoms with Gasteiger partial charge < -0.3 is 0 Å². The Morgan fingerprint density at radius 2 is 1.84 bits per heavy atom. The lowest BCUT2D eigenvalue weighted by atomic mass is 10.0. The topological polar surface area (TPSA) is 17.1 Å². The Hall–Kier alpha value is -0.710. The fourth-order valence-corrected chi connectivity index (χ4v) is 2.77. The van der Waals surface area contributed by atoms with Crippen LogP contribution in [0.1, 0.15) is 21.5 Å². The van der Waals surface area contributed by atoms with Gasteiger partial charge in [-0.3, -0.25) is 4.79 Å². The lowest BCUT2D eigenvalue weighted by molar-refractivity contribution is 0.103. The molecule has 0 unspecified atom stereocenters. The van der Waals surface area contributed by atoms with Crippen LogP contribution in [0.15, 0.2) is 39.3 Å².